The smallest absolute Gasteiger partial charge is 0.303 e. The Hall–Kier alpha value is -4.37. The van der Waals surface area contributed by atoms with E-state index in [0.29, 0.717) is 12.8 Å². The van der Waals surface area contributed by atoms with Gasteiger partial charge in [0, 0.05) is 49.0 Å². The molecule has 2 aromatic carbocycles. The number of amides is 2. The number of hydrogen-bond acceptors (Lipinski definition) is 7. The van der Waals surface area contributed by atoms with Crippen LogP contribution in [0.4, 0.5) is 0 Å². The van der Waals surface area contributed by atoms with Crippen LogP contribution in [0.2, 0.25) is 0 Å². The summed E-state index contributed by atoms with van der Waals surface area (Å²) in [5.74, 6) is -1.25. The first-order valence-electron chi connectivity index (χ1n) is 19.3. The van der Waals surface area contributed by atoms with Gasteiger partial charge in [-0.15, -0.1) is 0 Å². The van der Waals surface area contributed by atoms with Crippen molar-refractivity contribution in [1.29, 1.82) is 0 Å². The number of aliphatic hydroxyl groups is 1. The Morgan fingerprint density at radius 3 is 1.24 bits per heavy atom. The van der Waals surface area contributed by atoms with Crippen LogP contribution in [0.3, 0.4) is 0 Å². The lowest BCUT2D eigenvalue weighted by Crippen LogP contribution is -2.60. The topological polar surface area (TPSA) is 129 Å². The van der Waals surface area contributed by atoms with Crippen molar-refractivity contribution in [2.24, 2.45) is 31.6 Å². The summed E-state index contributed by atoms with van der Waals surface area (Å²) in [7, 11) is 0. The maximum Gasteiger partial charge on any atom is 0.303 e. The van der Waals surface area contributed by atoms with E-state index in [9.17, 15) is 19.5 Å². The number of nitrogens with one attached hydrogen (secondary N) is 2. The highest BCUT2D eigenvalue weighted by molar-refractivity contribution is 6.05. The van der Waals surface area contributed by atoms with Gasteiger partial charge >= 0.3 is 5.97 Å². The Bertz CT molecular complexity index is 1900. The molecule has 4 atom stereocenters. The van der Waals surface area contributed by atoms with Crippen LogP contribution in [0.15, 0.2) is 70.9 Å². The quantitative estimate of drug-likeness (QED) is 0.209. The van der Waals surface area contributed by atoms with Gasteiger partial charge in [0.25, 0.3) is 11.8 Å². The van der Waals surface area contributed by atoms with Crippen LogP contribution in [0.1, 0.15) is 128 Å². The van der Waals surface area contributed by atoms with Crippen LogP contribution in [-0.2, 0) is 19.1 Å². The van der Waals surface area contributed by atoms with E-state index in [4.69, 9.17) is 14.7 Å². The van der Waals surface area contributed by atoms with E-state index in [1.807, 2.05) is 53.9 Å². The van der Waals surface area contributed by atoms with E-state index < -0.39 is 33.9 Å². The van der Waals surface area contributed by atoms with E-state index in [0.717, 1.165) is 44.8 Å². The molecule has 0 saturated carbocycles. The van der Waals surface area contributed by atoms with Crippen molar-refractivity contribution in [1.82, 2.24) is 10.6 Å². The third kappa shape index (κ3) is 9.54. The molecule has 0 spiro atoms. The zero-order chi connectivity index (χ0) is 41.5. The maximum absolute atomic E-state index is 13.8. The molecule has 0 aromatic heterocycles. The zero-order valence-corrected chi connectivity index (χ0v) is 35.8. The zero-order valence-electron chi connectivity index (χ0n) is 35.8. The SMILES string of the molecule is CC(=O)O[C@@](C)(C(=O)NC(C1=NC=C(c2ccc(-c3ccc(C4=CN=C([C@@H](NC(=O)[C@](C)(O)C(C)(C)C)C(C)(C)C)C4)cc3)cc2)C1)C(C)(C)C)C(C)(C)C. The summed E-state index contributed by atoms with van der Waals surface area (Å²) in [4.78, 5) is 48.6. The Balaban J connectivity index is 1.42. The normalized spacial score (nSPS) is 18.5. The Morgan fingerprint density at radius 2 is 0.927 bits per heavy atom. The van der Waals surface area contributed by atoms with Gasteiger partial charge < -0.3 is 20.5 Å². The number of aliphatic imine (C=N–C) groups is 2. The van der Waals surface area contributed by atoms with Gasteiger partial charge in [0.2, 0.25) is 0 Å². The summed E-state index contributed by atoms with van der Waals surface area (Å²) >= 11 is 0. The largest absolute Gasteiger partial charge is 0.449 e. The molecule has 2 aliphatic heterocycles. The summed E-state index contributed by atoms with van der Waals surface area (Å²) in [5, 5.41) is 17.4. The van der Waals surface area contributed by atoms with Crippen molar-refractivity contribution >= 4 is 40.4 Å². The van der Waals surface area contributed by atoms with Gasteiger partial charge in [-0.3, -0.25) is 24.4 Å². The molecule has 1 unspecified atom stereocenters. The van der Waals surface area contributed by atoms with Crippen LogP contribution in [0, 0.1) is 21.7 Å². The first-order valence-corrected chi connectivity index (χ1v) is 19.3. The number of rotatable bonds is 10. The third-order valence-electron chi connectivity index (χ3n) is 11.4. The molecular formula is C46H64N4O5. The fourth-order valence-electron chi connectivity index (χ4n) is 6.66. The molecule has 4 rings (SSSR count). The predicted molar refractivity (Wildman–Crippen MR) is 224 cm³/mol. The molecular weight excluding hydrogens is 689 g/mol. The number of esters is 1. The highest BCUT2D eigenvalue weighted by Gasteiger charge is 2.49. The molecule has 0 aliphatic carbocycles. The van der Waals surface area contributed by atoms with Crippen molar-refractivity contribution in [3.05, 3.63) is 72.1 Å². The summed E-state index contributed by atoms with van der Waals surface area (Å²) in [6.45, 7) is 28.2. The second-order valence-corrected chi connectivity index (χ2v) is 19.8. The van der Waals surface area contributed by atoms with Crippen molar-refractivity contribution < 1.29 is 24.2 Å². The van der Waals surface area contributed by atoms with Crippen molar-refractivity contribution in [2.45, 2.75) is 140 Å². The maximum atomic E-state index is 13.8. The predicted octanol–water partition coefficient (Wildman–Crippen LogP) is 8.95. The standard InChI is InChI=1S/C46H64N4O5/c1-28(51)55-46(15,44(11,12)13)40(53)50-38(42(5,6)7)36-25-34(27-48-36)32-22-18-30(19-23-32)29-16-20-31(21-17-29)33-24-35(47-26-33)37(41(2,3)4)49-39(52)45(14,54)43(8,9)10/h16-23,26-27,37-38,54H,24-25H2,1-15H3,(H,49,52)(H,50,53)/t37-,38?,45+,46+/m1/s1. The van der Waals surface area contributed by atoms with E-state index in [-0.39, 0.29) is 28.8 Å². The van der Waals surface area contributed by atoms with E-state index in [1.165, 1.54) is 6.92 Å². The van der Waals surface area contributed by atoms with Gasteiger partial charge in [0.15, 0.2) is 5.60 Å². The second-order valence-electron chi connectivity index (χ2n) is 19.8. The van der Waals surface area contributed by atoms with Crippen LogP contribution in [0.5, 0.6) is 0 Å². The number of benzene rings is 2. The molecule has 2 amide bonds. The molecule has 2 heterocycles. The Kier molecular flexibility index (Phi) is 12.0. The summed E-state index contributed by atoms with van der Waals surface area (Å²) in [5.41, 5.74) is 3.34. The highest BCUT2D eigenvalue weighted by Crippen LogP contribution is 2.38. The average molecular weight is 753 g/mol. The lowest BCUT2D eigenvalue weighted by molar-refractivity contribution is -0.177. The van der Waals surface area contributed by atoms with Crippen LogP contribution < -0.4 is 10.6 Å². The monoisotopic (exact) mass is 752 g/mol. The lowest BCUT2D eigenvalue weighted by Gasteiger charge is -2.42. The lowest BCUT2D eigenvalue weighted by atomic mass is 9.75. The molecule has 9 heteroatoms. The minimum Gasteiger partial charge on any atom is -0.449 e. The van der Waals surface area contributed by atoms with E-state index in [2.05, 4.69) is 101 Å². The molecule has 0 radical (unpaired) electrons. The van der Waals surface area contributed by atoms with Gasteiger partial charge in [-0.1, -0.05) is 132 Å². The average Bonchev–Trinajstić information content (AvgIpc) is 3.74. The molecule has 9 nitrogen and oxygen atoms in total. The molecule has 2 aromatic rings. The van der Waals surface area contributed by atoms with Gasteiger partial charge in [-0.25, -0.2) is 0 Å². The summed E-state index contributed by atoms with van der Waals surface area (Å²) in [6, 6.07) is 16.2. The Morgan fingerprint density at radius 1 is 0.582 bits per heavy atom. The summed E-state index contributed by atoms with van der Waals surface area (Å²) < 4.78 is 5.63. The molecule has 55 heavy (non-hydrogen) atoms. The van der Waals surface area contributed by atoms with Crippen LogP contribution in [0.25, 0.3) is 22.3 Å². The molecule has 0 fully saturated rings. The second kappa shape index (κ2) is 15.3. The van der Waals surface area contributed by atoms with E-state index in [1.54, 1.807) is 13.8 Å². The van der Waals surface area contributed by atoms with Gasteiger partial charge in [-0.05, 0) is 63.5 Å². The number of ether oxygens (including phenoxy) is 1. The number of carbonyl (C=O) groups excluding carboxylic acids is 3. The Labute approximate surface area is 329 Å². The highest BCUT2D eigenvalue weighted by atomic mass is 16.6. The minimum absolute atomic E-state index is 0.311. The fraction of sp³-hybridized carbons (Fsp3) is 0.543. The first kappa shape index (κ1) is 43.4. The third-order valence-corrected chi connectivity index (χ3v) is 11.4. The van der Waals surface area contributed by atoms with Gasteiger partial charge in [0.1, 0.15) is 5.60 Å². The fourth-order valence-corrected chi connectivity index (χ4v) is 6.66. The molecule has 2 aliphatic rings. The van der Waals surface area contributed by atoms with Gasteiger partial charge in [-0.2, -0.15) is 0 Å². The number of hydrogen-bond donors (Lipinski definition) is 3. The first-order chi connectivity index (χ1) is 25.1. The van der Waals surface area contributed by atoms with Crippen molar-refractivity contribution in [2.75, 3.05) is 0 Å². The van der Waals surface area contributed by atoms with Crippen molar-refractivity contribution in [3.63, 3.8) is 0 Å². The molecule has 0 saturated heterocycles. The summed E-state index contributed by atoms with van der Waals surface area (Å²) in [6.07, 6.45) is 4.96. The van der Waals surface area contributed by atoms with Gasteiger partial charge in [0.05, 0.1) is 12.1 Å². The van der Waals surface area contributed by atoms with E-state index >= 15 is 0 Å². The molecule has 0 bridgehead atoms. The number of nitrogens with zero attached hydrogens (tertiary/aromatic N) is 2. The van der Waals surface area contributed by atoms with Crippen LogP contribution in [-0.4, -0.2) is 57.6 Å². The molecule has 298 valence electrons. The van der Waals surface area contributed by atoms with Crippen molar-refractivity contribution in [3.8, 4) is 11.1 Å². The molecule has 3 N–H and O–H groups in total. The number of carbonyl (C=O) groups is 3. The number of allylic oxidation sites excluding steroid dienone is 2. The van der Waals surface area contributed by atoms with Crippen LogP contribution >= 0.6 is 0 Å². The minimum atomic E-state index is -1.54.